The van der Waals surface area contributed by atoms with Gasteiger partial charge in [0.1, 0.15) is 0 Å². The predicted octanol–water partition coefficient (Wildman–Crippen LogP) is 7.18. The van der Waals surface area contributed by atoms with Crippen LogP contribution < -0.4 is 0 Å². The molecule has 0 aromatic heterocycles. The quantitative estimate of drug-likeness (QED) is 0.174. The van der Waals surface area contributed by atoms with Crippen LogP contribution in [0.4, 0.5) is 0 Å². The molecule has 1 heterocycles. The predicted molar refractivity (Wildman–Crippen MR) is 128 cm³/mol. The number of hydrogen-bond donors (Lipinski definition) is 0. The van der Waals surface area contributed by atoms with Gasteiger partial charge in [0.2, 0.25) is 0 Å². The van der Waals surface area contributed by atoms with Crippen LogP contribution in [0.5, 0.6) is 0 Å². The monoisotopic (exact) mass is 425 g/mol. The van der Waals surface area contributed by atoms with Crippen LogP contribution in [0.25, 0.3) is 43.1 Å². The van der Waals surface area contributed by atoms with Gasteiger partial charge < -0.3 is 0 Å². The molecule has 1 aliphatic rings. The number of imide groups is 1. The molecule has 5 aromatic carbocycles. The first kappa shape index (κ1) is 18.6. The minimum Gasteiger partial charge on any atom is -0.271 e. The molecular weight excluding hydrogens is 406 g/mol. The lowest BCUT2D eigenvalue weighted by molar-refractivity contribution is 0.0530. The minimum atomic E-state index is -0.190. The average molecular weight is 426 g/mol. The van der Waals surface area contributed by atoms with Gasteiger partial charge in [-0.15, -0.1) is 0 Å². The highest BCUT2D eigenvalue weighted by molar-refractivity contribution is 6.40. The zero-order valence-corrected chi connectivity index (χ0v) is 18.1. The Morgan fingerprint density at radius 3 is 2.00 bits per heavy atom. The molecule has 0 radical (unpaired) electrons. The zero-order chi connectivity index (χ0) is 21.4. The fraction of sp³-hybridized carbons (Fsp3) is 0.185. The van der Waals surface area contributed by atoms with E-state index in [1.54, 1.807) is 0 Å². The van der Waals surface area contributed by atoms with E-state index in [4.69, 9.17) is 11.6 Å². The summed E-state index contributed by atoms with van der Waals surface area (Å²) in [5, 5.41) is 8.93. The van der Waals surface area contributed by atoms with Crippen LogP contribution >= 0.6 is 11.6 Å². The number of hydrogen-bond acceptors (Lipinski definition) is 2. The number of rotatable bonds is 3. The minimum absolute atomic E-state index is 0.0938. The molecule has 31 heavy (non-hydrogen) atoms. The molecule has 5 aromatic rings. The van der Waals surface area contributed by atoms with Gasteiger partial charge in [-0.05, 0) is 74.8 Å². The maximum absolute atomic E-state index is 13.5. The summed E-state index contributed by atoms with van der Waals surface area (Å²) in [5.41, 5.74) is 1.22. The zero-order valence-electron chi connectivity index (χ0n) is 17.3. The second-order valence-corrected chi connectivity index (χ2v) is 8.82. The topological polar surface area (TPSA) is 37.4 Å². The lowest BCUT2D eigenvalue weighted by Crippen LogP contribution is -2.46. The van der Waals surface area contributed by atoms with Crippen molar-refractivity contribution in [1.29, 1.82) is 0 Å². The summed E-state index contributed by atoms with van der Waals surface area (Å²) in [7, 11) is 0. The summed E-state index contributed by atoms with van der Waals surface area (Å²) in [6, 6.07) is 17.9. The Morgan fingerprint density at radius 1 is 0.742 bits per heavy atom. The molecule has 4 heteroatoms. The van der Waals surface area contributed by atoms with E-state index in [1.165, 1.54) is 4.90 Å². The van der Waals surface area contributed by atoms with Crippen molar-refractivity contribution in [3.8, 4) is 0 Å². The fourth-order valence-electron chi connectivity index (χ4n) is 5.47. The molecule has 6 rings (SSSR count). The molecule has 0 unspecified atom stereocenters. The molecule has 0 saturated heterocycles. The highest BCUT2D eigenvalue weighted by Crippen LogP contribution is 2.44. The molecule has 152 valence electrons. The van der Waals surface area contributed by atoms with E-state index in [0.717, 1.165) is 55.9 Å². The summed E-state index contributed by atoms with van der Waals surface area (Å²) in [4.78, 5) is 28.4. The Balaban J connectivity index is 1.81. The molecule has 0 saturated carbocycles. The highest BCUT2D eigenvalue weighted by atomic mass is 35.5. The fourth-order valence-corrected chi connectivity index (χ4v) is 5.69. The molecular formula is C27H20ClNO2. The number of nitrogens with zero attached hydrogens (tertiary/aromatic N) is 1. The van der Waals surface area contributed by atoms with E-state index >= 15 is 0 Å². The Kier molecular flexibility index (Phi) is 3.85. The normalized spacial score (nSPS) is 14.3. The van der Waals surface area contributed by atoms with Gasteiger partial charge in [0, 0.05) is 27.6 Å². The molecule has 0 bridgehead atoms. The van der Waals surface area contributed by atoms with E-state index in [-0.39, 0.29) is 17.9 Å². The summed E-state index contributed by atoms with van der Waals surface area (Å²) >= 11 is 6.46. The lowest BCUT2D eigenvalue weighted by Gasteiger charge is -2.33. The molecule has 0 spiro atoms. The second-order valence-electron chi connectivity index (χ2n) is 8.38. The standard InChI is InChI=1S/C27H20ClNO2/c1-3-16(4-2)29-26(30)20-10-8-18-17-7-5-6-14-12-15(28)13-22(23(14)17)19-9-11-21(27(29)31)25(20)24(18)19/h5-13,16H,3-4H2,1-2H3. The van der Waals surface area contributed by atoms with Crippen LogP contribution in [0.3, 0.4) is 0 Å². The maximum atomic E-state index is 13.5. The Morgan fingerprint density at radius 2 is 1.35 bits per heavy atom. The molecule has 0 atom stereocenters. The van der Waals surface area contributed by atoms with Crippen molar-refractivity contribution in [2.45, 2.75) is 32.7 Å². The van der Waals surface area contributed by atoms with Crippen molar-refractivity contribution < 1.29 is 9.59 Å². The van der Waals surface area contributed by atoms with Crippen LogP contribution in [-0.4, -0.2) is 22.8 Å². The number of halogens is 1. The van der Waals surface area contributed by atoms with Crippen LogP contribution in [0.1, 0.15) is 47.4 Å². The van der Waals surface area contributed by atoms with Crippen molar-refractivity contribution in [1.82, 2.24) is 4.90 Å². The van der Waals surface area contributed by atoms with E-state index < -0.39 is 0 Å². The van der Waals surface area contributed by atoms with Crippen LogP contribution in [0, 0.1) is 0 Å². The number of fused-ring (bicyclic) bond motifs is 2. The van der Waals surface area contributed by atoms with Gasteiger partial charge in [0.05, 0.1) is 0 Å². The number of amides is 2. The van der Waals surface area contributed by atoms with Crippen molar-refractivity contribution in [3.05, 3.63) is 70.7 Å². The summed E-state index contributed by atoms with van der Waals surface area (Å²) < 4.78 is 0. The van der Waals surface area contributed by atoms with Gasteiger partial charge in [-0.25, -0.2) is 0 Å². The number of carbonyl (C=O) groups excluding carboxylic acids is 2. The van der Waals surface area contributed by atoms with Crippen LogP contribution in [-0.2, 0) is 0 Å². The average Bonchev–Trinajstić information content (AvgIpc) is 2.78. The third-order valence-electron chi connectivity index (χ3n) is 6.89. The van der Waals surface area contributed by atoms with Gasteiger partial charge in [0.15, 0.2) is 0 Å². The van der Waals surface area contributed by atoms with Gasteiger partial charge in [-0.2, -0.15) is 0 Å². The van der Waals surface area contributed by atoms with E-state index in [1.807, 2.05) is 56.3 Å². The third-order valence-corrected chi connectivity index (χ3v) is 7.11. The first-order valence-corrected chi connectivity index (χ1v) is 11.1. The van der Waals surface area contributed by atoms with Crippen molar-refractivity contribution >= 4 is 66.5 Å². The molecule has 0 N–H and O–H groups in total. The van der Waals surface area contributed by atoms with Crippen molar-refractivity contribution in [2.24, 2.45) is 0 Å². The number of benzene rings is 5. The molecule has 2 amide bonds. The van der Waals surface area contributed by atoms with Gasteiger partial charge in [-0.1, -0.05) is 55.8 Å². The molecule has 3 nitrogen and oxygen atoms in total. The van der Waals surface area contributed by atoms with Gasteiger partial charge in [0.25, 0.3) is 11.8 Å². The Labute approximate surface area is 184 Å². The van der Waals surface area contributed by atoms with Crippen LogP contribution in [0.15, 0.2) is 54.6 Å². The SMILES string of the molecule is CCC(CC)N1C(=O)c2ccc3c4cccc5cc(Cl)cc(c6ccc(c2c36)C1=O)c54. The smallest absolute Gasteiger partial charge is 0.261 e. The van der Waals surface area contributed by atoms with Crippen molar-refractivity contribution in [3.63, 3.8) is 0 Å². The maximum Gasteiger partial charge on any atom is 0.261 e. The third kappa shape index (κ3) is 2.30. The van der Waals surface area contributed by atoms with Gasteiger partial charge >= 0.3 is 0 Å². The largest absolute Gasteiger partial charge is 0.271 e. The number of carbonyl (C=O) groups is 2. The van der Waals surface area contributed by atoms with Crippen LogP contribution in [0.2, 0.25) is 5.02 Å². The van der Waals surface area contributed by atoms with Gasteiger partial charge in [-0.3, -0.25) is 14.5 Å². The van der Waals surface area contributed by atoms with E-state index in [9.17, 15) is 9.59 Å². The second kappa shape index (κ2) is 6.41. The molecule has 1 aliphatic heterocycles. The van der Waals surface area contributed by atoms with Crippen molar-refractivity contribution in [2.75, 3.05) is 0 Å². The first-order valence-electron chi connectivity index (χ1n) is 10.8. The highest BCUT2D eigenvalue weighted by Gasteiger charge is 2.37. The van der Waals surface area contributed by atoms with E-state index in [2.05, 4.69) is 12.1 Å². The molecule has 0 fully saturated rings. The van der Waals surface area contributed by atoms with E-state index in [0.29, 0.717) is 16.1 Å². The molecule has 0 aliphatic carbocycles. The summed E-state index contributed by atoms with van der Waals surface area (Å²) in [5.74, 6) is -0.380. The summed E-state index contributed by atoms with van der Waals surface area (Å²) in [6.07, 6.45) is 1.49. The Bertz CT molecular complexity index is 1540. The summed E-state index contributed by atoms with van der Waals surface area (Å²) in [6.45, 7) is 4.04. The first-order chi connectivity index (χ1) is 15.0. The lowest BCUT2D eigenvalue weighted by atomic mass is 9.84. The Hall–Kier alpha value is -3.17.